The molecule has 130 valence electrons. The molecule has 0 aliphatic rings. The number of ether oxygens (including phenoxy) is 2. The van der Waals surface area contributed by atoms with Gasteiger partial charge in [-0.2, -0.15) is 5.26 Å². The van der Waals surface area contributed by atoms with Crippen molar-refractivity contribution in [3.8, 4) is 11.8 Å². The molecule has 0 bridgehead atoms. The molecule has 0 aliphatic carbocycles. The number of halogens is 2. The van der Waals surface area contributed by atoms with Gasteiger partial charge in [-0.1, -0.05) is 41.4 Å². The van der Waals surface area contributed by atoms with Gasteiger partial charge in [0.15, 0.2) is 5.92 Å². The van der Waals surface area contributed by atoms with Crippen LogP contribution in [0.2, 0.25) is 10.0 Å². The van der Waals surface area contributed by atoms with Crippen LogP contribution in [0.5, 0.6) is 5.75 Å². The molecule has 4 nitrogen and oxygen atoms in total. The van der Waals surface area contributed by atoms with Crippen LogP contribution in [-0.4, -0.2) is 19.7 Å². The first-order valence-corrected chi connectivity index (χ1v) is 8.42. The van der Waals surface area contributed by atoms with Gasteiger partial charge >= 0.3 is 5.97 Å². The monoisotopic (exact) mass is 377 g/mol. The summed E-state index contributed by atoms with van der Waals surface area (Å²) in [6, 6.07) is 14.3. The summed E-state index contributed by atoms with van der Waals surface area (Å²) in [6.07, 6.45) is 0. The fourth-order valence-electron chi connectivity index (χ4n) is 2.61. The molecule has 2 atom stereocenters. The number of methoxy groups -OCH3 is 1. The van der Waals surface area contributed by atoms with Gasteiger partial charge in [0.25, 0.3) is 0 Å². The summed E-state index contributed by atoms with van der Waals surface area (Å²) in [6.45, 7) is 1.90. The van der Waals surface area contributed by atoms with Gasteiger partial charge in [-0.15, -0.1) is 0 Å². The molecule has 0 spiro atoms. The minimum atomic E-state index is -1.02. The van der Waals surface area contributed by atoms with Gasteiger partial charge in [0.2, 0.25) is 0 Å². The predicted molar refractivity (Wildman–Crippen MR) is 97.0 cm³/mol. The van der Waals surface area contributed by atoms with E-state index < -0.39 is 17.8 Å². The lowest BCUT2D eigenvalue weighted by Crippen LogP contribution is -2.24. The average Bonchev–Trinajstić information content (AvgIpc) is 2.62. The van der Waals surface area contributed by atoms with E-state index in [0.29, 0.717) is 21.4 Å². The van der Waals surface area contributed by atoms with Crippen LogP contribution in [0.15, 0.2) is 42.5 Å². The zero-order valence-electron chi connectivity index (χ0n) is 13.8. The van der Waals surface area contributed by atoms with Gasteiger partial charge in [-0.3, -0.25) is 4.79 Å². The van der Waals surface area contributed by atoms with Crippen LogP contribution in [-0.2, 0) is 9.53 Å². The molecule has 0 fully saturated rings. The Morgan fingerprint density at radius 1 is 1.16 bits per heavy atom. The van der Waals surface area contributed by atoms with Crippen molar-refractivity contribution in [3.05, 3.63) is 63.6 Å². The van der Waals surface area contributed by atoms with Crippen molar-refractivity contribution in [2.75, 3.05) is 13.7 Å². The summed E-state index contributed by atoms with van der Waals surface area (Å²) < 4.78 is 10.3. The summed E-state index contributed by atoms with van der Waals surface area (Å²) in [5.41, 5.74) is 1.44. The number of carbonyl (C=O) groups is 1. The highest BCUT2D eigenvalue weighted by Gasteiger charge is 2.33. The molecule has 6 heteroatoms. The largest absolute Gasteiger partial charge is 0.497 e. The average molecular weight is 378 g/mol. The number of hydrogen-bond acceptors (Lipinski definition) is 4. The fourth-order valence-corrected chi connectivity index (χ4v) is 2.92. The first kappa shape index (κ1) is 19.1. The fraction of sp³-hybridized carbons (Fsp3) is 0.263. The topological polar surface area (TPSA) is 59.3 Å². The van der Waals surface area contributed by atoms with E-state index in [1.54, 1.807) is 50.4 Å². The Kier molecular flexibility index (Phi) is 6.69. The maximum Gasteiger partial charge on any atom is 0.324 e. The highest BCUT2D eigenvalue weighted by molar-refractivity contribution is 6.42. The number of nitriles is 1. The molecular weight excluding hydrogens is 361 g/mol. The number of nitrogens with zero attached hydrogens (tertiary/aromatic N) is 1. The quantitative estimate of drug-likeness (QED) is 0.675. The van der Waals surface area contributed by atoms with Crippen LogP contribution in [0.3, 0.4) is 0 Å². The van der Waals surface area contributed by atoms with Crippen molar-refractivity contribution in [2.45, 2.75) is 12.8 Å². The van der Waals surface area contributed by atoms with Gasteiger partial charge in [-0.05, 0) is 42.3 Å². The Bertz CT molecular complexity index is 801. The van der Waals surface area contributed by atoms with Gasteiger partial charge < -0.3 is 9.47 Å². The second-order valence-electron chi connectivity index (χ2n) is 5.29. The van der Waals surface area contributed by atoms with Crippen molar-refractivity contribution in [2.24, 2.45) is 5.92 Å². The van der Waals surface area contributed by atoms with Crippen LogP contribution >= 0.6 is 23.2 Å². The van der Waals surface area contributed by atoms with Crippen molar-refractivity contribution < 1.29 is 14.3 Å². The standard InChI is InChI=1S/C19H17Cl2NO3/c1-3-25-19(23)15(11-22)18(12-5-4-6-14(9-12)24-2)13-7-8-16(20)17(21)10-13/h4-10,15,18H,3H2,1-2H3. The van der Waals surface area contributed by atoms with Gasteiger partial charge in [0, 0.05) is 5.92 Å². The molecule has 2 rings (SSSR count). The van der Waals surface area contributed by atoms with Crippen LogP contribution in [0.25, 0.3) is 0 Å². The summed E-state index contributed by atoms with van der Waals surface area (Å²) in [4.78, 5) is 12.3. The Labute approximate surface area is 156 Å². The van der Waals surface area contributed by atoms with E-state index in [0.717, 1.165) is 5.56 Å². The van der Waals surface area contributed by atoms with E-state index >= 15 is 0 Å². The number of esters is 1. The van der Waals surface area contributed by atoms with Crippen LogP contribution < -0.4 is 4.74 Å². The molecule has 0 radical (unpaired) electrons. The smallest absolute Gasteiger partial charge is 0.324 e. The molecule has 0 aromatic heterocycles. The molecular formula is C19H17Cl2NO3. The minimum Gasteiger partial charge on any atom is -0.497 e. The van der Waals surface area contributed by atoms with E-state index in [1.807, 2.05) is 6.07 Å². The summed E-state index contributed by atoms with van der Waals surface area (Å²) in [5.74, 6) is -1.54. The van der Waals surface area contributed by atoms with Crippen LogP contribution in [0.1, 0.15) is 24.0 Å². The van der Waals surface area contributed by atoms with E-state index in [1.165, 1.54) is 0 Å². The van der Waals surface area contributed by atoms with Crippen molar-refractivity contribution in [1.29, 1.82) is 5.26 Å². The maximum absolute atomic E-state index is 12.3. The van der Waals surface area contributed by atoms with Crippen LogP contribution in [0.4, 0.5) is 0 Å². The molecule has 0 N–H and O–H groups in total. The van der Waals surface area contributed by atoms with Crippen molar-refractivity contribution in [3.63, 3.8) is 0 Å². The van der Waals surface area contributed by atoms with Crippen molar-refractivity contribution in [1.82, 2.24) is 0 Å². The third-order valence-electron chi connectivity index (χ3n) is 3.77. The molecule has 2 unspecified atom stereocenters. The lowest BCUT2D eigenvalue weighted by atomic mass is 9.81. The number of carbonyl (C=O) groups excluding carboxylic acids is 1. The van der Waals surface area contributed by atoms with Gasteiger partial charge in [-0.25, -0.2) is 0 Å². The second kappa shape index (κ2) is 8.75. The number of rotatable bonds is 6. The van der Waals surface area contributed by atoms with Crippen LogP contribution in [0, 0.1) is 17.2 Å². The Morgan fingerprint density at radius 3 is 2.48 bits per heavy atom. The number of hydrogen-bond donors (Lipinski definition) is 0. The minimum absolute atomic E-state index is 0.198. The summed E-state index contributed by atoms with van der Waals surface area (Å²) in [5, 5.41) is 10.4. The first-order chi connectivity index (χ1) is 12.0. The zero-order chi connectivity index (χ0) is 18.4. The molecule has 0 heterocycles. The molecule has 0 amide bonds. The molecule has 2 aromatic carbocycles. The lowest BCUT2D eigenvalue weighted by Gasteiger charge is -2.22. The summed E-state index contributed by atoms with van der Waals surface area (Å²) in [7, 11) is 1.56. The van der Waals surface area contributed by atoms with Gasteiger partial charge in [0.05, 0.1) is 29.8 Å². The Hall–Kier alpha value is -2.22. The Balaban J connectivity index is 2.59. The van der Waals surface area contributed by atoms with Crippen molar-refractivity contribution >= 4 is 29.2 Å². The molecule has 0 aliphatic heterocycles. The molecule has 0 saturated carbocycles. The highest BCUT2D eigenvalue weighted by Crippen LogP contribution is 2.37. The lowest BCUT2D eigenvalue weighted by molar-refractivity contribution is -0.146. The normalized spacial score (nSPS) is 12.8. The Morgan fingerprint density at radius 2 is 1.88 bits per heavy atom. The maximum atomic E-state index is 12.3. The molecule has 2 aromatic rings. The third kappa shape index (κ3) is 4.45. The van der Waals surface area contributed by atoms with E-state index in [2.05, 4.69) is 6.07 Å². The number of benzene rings is 2. The predicted octanol–water partition coefficient (Wildman–Crippen LogP) is 4.84. The zero-order valence-corrected chi connectivity index (χ0v) is 15.3. The molecule has 0 saturated heterocycles. The van der Waals surface area contributed by atoms with E-state index in [-0.39, 0.29) is 6.61 Å². The van der Waals surface area contributed by atoms with Gasteiger partial charge in [0.1, 0.15) is 5.75 Å². The second-order valence-corrected chi connectivity index (χ2v) is 6.10. The third-order valence-corrected chi connectivity index (χ3v) is 4.51. The first-order valence-electron chi connectivity index (χ1n) is 7.67. The summed E-state index contributed by atoms with van der Waals surface area (Å²) >= 11 is 12.1. The SMILES string of the molecule is CCOC(=O)C(C#N)C(c1cccc(OC)c1)c1ccc(Cl)c(Cl)c1. The highest BCUT2D eigenvalue weighted by atomic mass is 35.5. The molecule has 25 heavy (non-hydrogen) atoms. The van der Waals surface area contributed by atoms with E-state index in [4.69, 9.17) is 32.7 Å². The van der Waals surface area contributed by atoms with E-state index in [9.17, 15) is 10.1 Å².